The molecule has 0 fully saturated rings. The van der Waals surface area contributed by atoms with Crippen LogP contribution >= 0.6 is 11.3 Å². The van der Waals surface area contributed by atoms with Crippen LogP contribution < -0.4 is 5.73 Å². The molecule has 2 rings (SSSR count). The van der Waals surface area contributed by atoms with Crippen LogP contribution in [0.3, 0.4) is 0 Å². The van der Waals surface area contributed by atoms with Crippen molar-refractivity contribution in [2.24, 2.45) is 5.73 Å². The average molecular weight is 249 g/mol. The van der Waals surface area contributed by atoms with Crippen molar-refractivity contribution in [1.29, 1.82) is 0 Å². The molecule has 2 N–H and O–H groups in total. The lowest BCUT2D eigenvalue weighted by Gasteiger charge is -1.98. The summed E-state index contributed by atoms with van der Waals surface area (Å²) in [6, 6.07) is 6.24. The van der Waals surface area contributed by atoms with Crippen LogP contribution in [0.4, 0.5) is 5.69 Å². The Morgan fingerprint density at radius 2 is 2.06 bits per heavy atom. The van der Waals surface area contributed by atoms with Crippen LogP contribution in [0.25, 0.3) is 10.6 Å². The van der Waals surface area contributed by atoms with Gasteiger partial charge >= 0.3 is 0 Å². The van der Waals surface area contributed by atoms with Gasteiger partial charge in [-0.1, -0.05) is 0 Å². The highest BCUT2D eigenvalue weighted by Crippen LogP contribution is 2.27. The van der Waals surface area contributed by atoms with Gasteiger partial charge in [0.05, 0.1) is 10.6 Å². The zero-order valence-electron chi connectivity index (χ0n) is 9.16. The van der Waals surface area contributed by atoms with Crippen LogP contribution in [0, 0.1) is 10.1 Å². The Morgan fingerprint density at radius 3 is 2.53 bits per heavy atom. The molecule has 2 aromatic rings. The lowest BCUT2D eigenvalue weighted by atomic mass is 10.2. The Morgan fingerprint density at radius 1 is 1.41 bits per heavy atom. The molecule has 1 unspecified atom stereocenters. The molecule has 5 nitrogen and oxygen atoms in total. The smallest absolute Gasteiger partial charge is 0.269 e. The van der Waals surface area contributed by atoms with Gasteiger partial charge in [0.1, 0.15) is 5.01 Å². The molecule has 0 aliphatic carbocycles. The van der Waals surface area contributed by atoms with Gasteiger partial charge in [-0.25, -0.2) is 4.98 Å². The fourth-order valence-electron chi connectivity index (χ4n) is 1.35. The molecule has 0 saturated carbocycles. The Balaban J connectivity index is 2.30. The lowest BCUT2D eigenvalue weighted by Crippen LogP contribution is -2.04. The highest BCUT2D eigenvalue weighted by atomic mass is 32.1. The number of benzene rings is 1. The van der Waals surface area contributed by atoms with E-state index in [1.807, 2.05) is 12.3 Å². The van der Waals surface area contributed by atoms with Crippen molar-refractivity contribution in [1.82, 2.24) is 4.98 Å². The van der Waals surface area contributed by atoms with Crippen molar-refractivity contribution < 1.29 is 4.92 Å². The number of aromatic nitrogens is 1. The molecule has 6 heteroatoms. The molecule has 0 aliphatic rings. The van der Waals surface area contributed by atoms with Crippen molar-refractivity contribution in [2.45, 2.75) is 13.0 Å². The maximum atomic E-state index is 10.5. The topological polar surface area (TPSA) is 82.0 Å². The minimum absolute atomic E-state index is 0.0812. The molecule has 0 radical (unpaired) electrons. The molecular weight excluding hydrogens is 238 g/mol. The van der Waals surface area contributed by atoms with E-state index in [1.165, 1.54) is 23.5 Å². The molecule has 1 heterocycles. The van der Waals surface area contributed by atoms with Crippen LogP contribution in [0.2, 0.25) is 0 Å². The zero-order chi connectivity index (χ0) is 12.4. The van der Waals surface area contributed by atoms with E-state index in [-0.39, 0.29) is 11.7 Å². The Labute approximate surface area is 102 Å². The van der Waals surface area contributed by atoms with E-state index in [0.29, 0.717) is 0 Å². The fraction of sp³-hybridized carbons (Fsp3) is 0.182. The van der Waals surface area contributed by atoms with Gasteiger partial charge in [0, 0.05) is 29.1 Å². The van der Waals surface area contributed by atoms with Crippen LogP contribution in [0.1, 0.15) is 18.7 Å². The molecule has 0 saturated heterocycles. The summed E-state index contributed by atoms with van der Waals surface area (Å²) < 4.78 is 0. The number of nitro groups is 1. The molecule has 0 amide bonds. The number of non-ortho nitro benzene ring substituents is 1. The van der Waals surface area contributed by atoms with Gasteiger partial charge in [-0.3, -0.25) is 10.1 Å². The first-order valence-electron chi connectivity index (χ1n) is 5.04. The summed E-state index contributed by atoms with van der Waals surface area (Å²) in [6.07, 6.45) is 0. The first-order valence-corrected chi connectivity index (χ1v) is 5.91. The Hall–Kier alpha value is -1.79. The minimum atomic E-state index is -0.418. The minimum Gasteiger partial charge on any atom is -0.323 e. The van der Waals surface area contributed by atoms with Crippen LogP contribution in [0.15, 0.2) is 29.6 Å². The quantitative estimate of drug-likeness (QED) is 0.669. The SMILES string of the molecule is CC(N)c1csc(-c2ccc([N+](=O)[O-])cc2)n1. The van der Waals surface area contributed by atoms with Gasteiger partial charge in [0.25, 0.3) is 5.69 Å². The van der Waals surface area contributed by atoms with Gasteiger partial charge in [-0.05, 0) is 19.1 Å². The first-order chi connectivity index (χ1) is 8.08. The third-order valence-corrected chi connectivity index (χ3v) is 3.22. The summed E-state index contributed by atoms with van der Waals surface area (Å²) in [4.78, 5) is 14.5. The van der Waals surface area contributed by atoms with Crippen LogP contribution in [-0.2, 0) is 0 Å². The third kappa shape index (κ3) is 2.48. The summed E-state index contributed by atoms with van der Waals surface area (Å²) in [7, 11) is 0. The van der Waals surface area contributed by atoms with Gasteiger partial charge < -0.3 is 5.73 Å². The number of nitrogens with two attached hydrogens (primary N) is 1. The van der Waals surface area contributed by atoms with E-state index in [2.05, 4.69) is 4.98 Å². The molecule has 1 atom stereocenters. The average Bonchev–Trinajstić information content (AvgIpc) is 2.78. The number of nitrogens with zero attached hydrogens (tertiary/aromatic N) is 2. The van der Waals surface area contributed by atoms with Crippen LogP contribution in [0.5, 0.6) is 0 Å². The van der Waals surface area contributed by atoms with Crippen molar-refractivity contribution >= 4 is 17.0 Å². The summed E-state index contributed by atoms with van der Waals surface area (Å²) in [5.74, 6) is 0. The highest BCUT2D eigenvalue weighted by Gasteiger charge is 2.09. The summed E-state index contributed by atoms with van der Waals surface area (Å²) in [5.41, 5.74) is 7.51. The molecule has 0 bridgehead atoms. The molecule has 1 aromatic heterocycles. The highest BCUT2D eigenvalue weighted by molar-refractivity contribution is 7.13. The van der Waals surface area contributed by atoms with E-state index < -0.39 is 4.92 Å². The standard InChI is InChI=1S/C11H11N3O2S/c1-7(12)10-6-17-11(13-10)8-2-4-9(5-3-8)14(15)16/h2-7H,12H2,1H3. The van der Waals surface area contributed by atoms with E-state index in [4.69, 9.17) is 5.73 Å². The second kappa shape index (κ2) is 4.60. The molecule has 88 valence electrons. The van der Waals surface area contributed by atoms with Crippen molar-refractivity contribution in [3.8, 4) is 10.6 Å². The van der Waals surface area contributed by atoms with Gasteiger partial charge in [-0.15, -0.1) is 11.3 Å². The largest absolute Gasteiger partial charge is 0.323 e. The maximum absolute atomic E-state index is 10.5. The fourth-order valence-corrected chi connectivity index (χ4v) is 2.28. The van der Waals surface area contributed by atoms with E-state index in [0.717, 1.165) is 16.3 Å². The van der Waals surface area contributed by atoms with Crippen molar-refractivity contribution in [3.63, 3.8) is 0 Å². The summed E-state index contributed by atoms with van der Waals surface area (Å²) in [5, 5.41) is 13.2. The van der Waals surface area contributed by atoms with E-state index in [9.17, 15) is 10.1 Å². The third-order valence-electron chi connectivity index (χ3n) is 2.31. The molecule has 1 aromatic carbocycles. The number of hydrogen-bond acceptors (Lipinski definition) is 5. The first kappa shape index (κ1) is 11.7. The van der Waals surface area contributed by atoms with E-state index >= 15 is 0 Å². The second-order valence-electron chi connectivity index (χ2n) is 3.67. The van der Waals surface area contributed by atoms with E-state index in [1.54, 1.807) is 12.1 Å². The maximum Gasteiger partial charge on any atom is 0.269 e. The van der Waals surface area contributed by atoms with Crippen molar-refractivity contribution in [3.05, 3.63) is 45.5 Å². The predicted molar refractivity (Wildman–Crippen MR) is 66.8 cm³/mol. The Kier molecular flexibility index (Phi) is 3.16. The molecular formula is C11H11N3O2S. The second-order valence-corrected chi connectivity index (χ2v) is 4.53. The predicted octanol–water partition coefficient (Wildman–Crippen LogP) is 2.74. The lowest BCUT2D eigenvalue weighted by molar-refractivity contribution is -0.384. The molecule has 0 aliphatic heterocycles. The number of rotatable bonds is 3. The van der Waals surface area contributed by atoms with Crippen LogP contribution in [-0.4, -0.2) is 9.91 Å². The number of nitro benzene ring substituents is 1. The molecule has 17 heavy (non-hydrogen) atoms. The normalized spacial score (nSPS) is 12.4. The summed E-state index contributed by atoms with van der Waals surface area (Å²) >= 11 is 1.48. The van der Waals surface area contributed by atoms with Crippen molar-refractivity contribution in [2.75, 3.05) is 0 Å². The number of thiazole rings is 1. The monoisotopic (exact) mass is 249 g/mol. The zero-order valence-corrected chi connectivity index (χ0v) is 9.98. The molecule has 0 spiro atoms. The number of hydrogen-bond donors (Lipinski definition) is 1. The van der Waals surface area contributed by atoms with Gasteiger partial charge in [0.15, 0.2) is 0 Å². The Bertz CT molecular complexity index is 534. The van der Waals surface area contributed by atoms with Gasteiger partial charge in [0.2, 0.25) is 0 Å². The summed E-state index contributed by atoms with van der Waals surface area (Å²) in [6.45, 7) is 1.87. The van der Waals surface area contributed by atoms with Gasteiger partial charge in [-0.2, -0.15) is 0 Å².